The number of aryl methyl sites for hydroxylation is 1. The van der Waals surface area contributed by atoms with E-state index in [9.17, 15) is 0 Å². The lowest BCUT2D eigenvalue weighted by molar-refractivity contribution is 0.475. The van der Waals surface area contributed by atoms with E-state index in [4.69, 9.17) is 21.9 Å². The predicted molar refractivity (Wildman–Crippen MR) is 79.4 cm³/mol. The summed E-state index contributed by atoms with van der Waals surface area (Å²) in [5.41, 5.74) is 5.47. The molecule has 0 amide bonds. The van der Waals surface area contributed by atoms with E-state index in [-0.39, 0.29) is 6.04 Å². The number of pyridine rings is 1. The van der Waals surface area contributed by atoms with Crippen LogP contribution in [0.4, 0.5) is 0 Å². The Morgan fingerprint density at radius 1 is 1.30 bits per heavy atom. The van der Waals surface area contributed by atoms with Crippen molar-refractivity contribution in [2.75, 3.05) is 0 Å². The summed E-state index contributed by atoms with van der Waals surface area (Å²) in [7, 11) is 0. The van der Waals surface area contributed by atoms with Crippen LogP contribution in [0.1, 0.15) is 23.1 Å². The summed E-state index contributed by atoms with van der Waals surface area (Å²) in [6, 6.07) is 11.1. The largest absolute Gasteiger partial charge is 0.459 e. The van der Waals surface area contributed by atoms with Crippen molar-refractivity contribution < 1.29 is 4.42 Å². The van der Waals surface area contributed by atoms with Crippen molar-refractivity contribution in [2.24, 2.45) is 5.84 Å². The van der Waals surface area contributed by atoms with Gasteiger partial charge in [-0.3, -0.25) is 10.8 Å². The Hall–Kier alpha value is -1.88. The molecule has 0 bridgehead atoms. The number of nitrogens with two attached hydrogens (primary N) is 1. The molecule has 0 saturated heterocycles. The minimum absolute atomic E-state index is 0.241. The second-order valence-corrected chi connectivity index (χ2v) is 5.05. The quantitative estimate of drug-likeness (QED) is 0.573. The molecule has 0 aliphatic heterocycles. The monoisotopic (exact) mass is 287 g/mol. The van der Waals surface area contributed by atoms with Gasteiger partial charge in [-0.05, 0) is 42.8 Å². The van der Waals surface area contributed by atoms with Crippen LogP contribution in [0, 0.1) is 6.92 Å². The highest BCUT2D eigenvalue weighted by Crippen LogP contribution is 2.30. The molecular formula is C15H14ClN3O. The van der Waals surface area contributed by atoms with Crippen LogP contribution in [-0.4, -0.2) is 4.98 Å². The Kier molecular flexibility index (Phi) is 3.44. The molecule has 2 aromatic heterocycles. The van der Waals surface area contributed by atoms with Crippen molar-refractivity contribution in [1.29, 1.82) is 0 Å². The molecule has 0 fully saturated rings. The fourth-order valence-electron chi connectivity index (χ4n) is 2.30. The number of halogens is 1. The molecule has 3 N–H and O–H groups in total. The fourth-order valence-corrected chi connectivity index (χ4v) is 2.48. The number of hydrogen-bond acceptors (Lipinski definition) is 4. The Morgan fingerprint density at radius 2 is 2.15 bits per heavy atom. The van der Waals surface area contributed by atoms with E-state index in [1.54, 1.807) is 12.3 Å². The number of benzene rings is 1. The van der Waals surface area contributed by atoms with Gasteiger partial charge < -0.3 is 4.42 Å². The standard InChI is InChI=1S/C15H14ClN3O/c1-9-12(3-2-6-18-9)15(19-17)14-8-10-7-11(16)4-5-13(10)20-14/h2-8,15,19H,17H2,1H3. The van der Waals surface area contributed by atoms with Crippen molar-refractivity contribution >= 4 is 22.6 Å². The van der Waals surface area contributed by atoms with Crippen molar-refractivity contribution in [3.05, 3.63) is 64.6 Å². The Bertz CT molecular complexity index is 754. The highest BCUT2D eigenvalue weighted by atomic mass is 35.5. The van der Waals surface area contributed by atoms with Gasteiger partial charge in [0, 0.05) is 22.3 Å². The zero-order valence-electron chi connectivity index (χ0n) is 10.9. The molecule has 4 nitrogen and oxygen atoms in total. The number of hydrogen-bond donors (Lipinski definition) is 2. The number of nitrogens with one attached hydrogen (secondary N) is 1. The Labute approximate surface area is 121 Å². The second-order valence-electron chi connectivity index (χ2n) is 4.61. The number of fused-ring (bicyclic) bond motifs is 1. The van der Waals surface area contributed by atoms with Crippen LogP contribution in [0.25, 0.3) is 11.0 Å². The zero-order chi connectivity index (χ0) is 14.1. The third kappa shape index (κ3) is 2.29. The van der Waals surface area contributed by atoms with E-state index in [0.717, 1.165) is 28.0 Å². The molecule has 3 rings (SSSR count). The van der Waals surface area contributed by atoms with Crippen LogP contribution in [0.2, 0.25) is 5.02 Å². The first kappa shape index (κ1) is 13.1. The van der Waals surface area contributed by atoms with Crippen molar-refractivity contribution in [1.82, 2.24) is 10.4 Å². The third-order valence-electron chi connectivity index (χ3n) is 3.31. The Morgan fingerprint density at radius 3 is 2.90 bits per heavy atom. The fraction of sp³-hybridized carbons (Fsp3) is 0.133. The molecule has 1 aromatic carbocycles. The number of aromatic nitrogens is 1. The maximum atomic E-state index is 5.99. The van der Waals surface area contributed by atoms with Gasteiger partial charge in [-0.1, -0.05) is 17.7 Å². The van der Waals surface area contributed by atoms with E-state index in [0.29, 0.717) is 5.02 Å². The van der Waals surface area contributed by atoms with Gasteiger partial charge in [0.1, 0.15) is 17.4 Å². The molecule has 1 atom stereocenters. The van der Waals surface area contributed by atoms with Gasteiger partial charge in [-0.2, -0.15) is 0 Å². The number of nitrogens with zero attached hydrogens (tertiary/aromatic N) is 1. The van der Waals surface area contributed by atoms with Gasteiger partial charge >= 0.3 is 0 Å². The lowest BCUT2D eigenvalue weighted by Gasteiger charge is -2.15. The van der Waals surface area contributed by atoms with E-state index >= 15 is 0 Å². The lowest BCUT2D eigenvalue weighted by Crippen LogP contribution is -2.29. The average Bonchev–Trinajstić information content (AvgIpc) is 2.84. The maximum absolute atomic E-state index is 5.99. The van der Waals surface area contributed by atoms with Crippen LogP contribution in [0.3, 0.4) is 0 Å². The third-order valence-corrected chi connectivity index (χ3v) is 3.54. The van der Waals surface area contributed by atoms with Crippen molar-refractivity contribution in [3.63, 3.8) is 0 Å². The molecular weight excluding hydrogens is 274 g/mol. The lowest BCUT2D eigenvalue weighted by atomic mass is 10.0. The molecule has 0 aliphatic carbocycles. The first-order valence-corrected chi connectivity index (χ1v) is 6.63. The molecule has 1 unspecified atom stereocenters. The van der Waals surface area contributed by atoms with Gasteiger partial charge in [-0.25, -0.2) is 5.43 Å². The molecule has 0 radical (unpaired) electrons. The average molecular weight is 288 g/mol. The van der Waals surface area contributed by atoms with Gasteiger partial charge in [-0.15, -0.1) is 0 Å². The minimum atomic E-state index is -0.241. The van der Waals surface area contributed by atoms with Crippen LogP contribution >= 0.6 is 11.6 Å². The first-order chi connectivity index (χ1) is 9.69. The van der Waals surface area contributed by atoms with Crippen LogP contribution in [0.15, 0.2) is 47.0 Å². The molecule has 102 valence electrons. The van der Waals surface area contributed by atoms with E-state index in [1.807, 2.05) is 37.3 Å². The molecule has 0 spiro atoms. The zero-order valence-corrected chi connectivity index (χ0v) is 11.7. The Balaban J connectivity index is 2.10. The van der Waals surface area contributed by atoms with Gasteiger partial charge in [0.15, 0.2) is 0 Å². The van der Waals surface area contributed by atoms with Crippen LogP contribution in [0.5, 0.6) is 0 Å². The van der Waals surface area contributed by atoms with E-state index in [1.165, 1.54) is 0 Å². The normalized spacial score (nSPS) is 12.8. The summed E-state index contributed by atoms with van der Waals surface area (Å²) < 4.78 is 5.86. The summed E-state index contributed by atoms with van der Waals surface area (Å²) in [4.78, 5) is 4.28. The summed E-state index contributed by atoms with van der Waals surface area (Å²) in [6.45, 7) is 1.94. The second kappa shape index (κ2) is 5.25. The van der Waals surface area contributed by atoms with Crippen molar-refractivity contribution in [2.45, 2.75) is 13.0 Å². The van der Waals surface area contributed by atoms with E-state index < -0.39 is 0 Å². The number of furan rings is 1. The molecule has 20 heavy (non-hydrogen) atoms. The SMILES string of the molecule is Cc1ncccc1C(NN)c1cc2cc(Cl)ccc2o1. The highest BCUT2D eigenvalue weighted by molar-refractivity contribution is 6.31. The number of hydrazine groups is 1. The molecule has 2 heterocycles. The maximum Gasteiger partial charge on any atom is 0.134 e. The predicted octanol–water partition coefficient (Wildman–Crippen LogP) is 3.34. The first-order valence-electron chi connectivity index (χ1n) is 6.25. The van der Waals surface area contributed by atoms with E-state index in [2.05, 4.69) is 10.4 Å². The van der Waals surface area contributed by atoms with Crippen molar-refractivity contribution in [3.8, 4) is 0 Å². The smallest absolute Gasteiger partial charge is 0.134 e. The molecule has 0 saturated carbocycles. The molecule has 3 aromatic rings. The topological polar surface area (TPSA) is 64.1 Å². The van der Waals surface area contributed by atoms with Gasteiger partial charge in [0.2, 0.25) is 0 Å². The molecule has 5 heteroatoms. The summed E-state index contributed by atoms with van der Waals surface area (Å²) in [5, 5.41) is 1.63. The highest BCUT2D eigenvalue weighted by Gasteiger charge is 2.19. The summed E-state index contributed by atoms with van der Waals surface area (Å²) >= 11 is 5.99. The summed E-state index contributed by atoms with van der Waals surface area (Å²) in [5.74, 6) is 6.43. The van der Waals surface area contributed by atoms with Gasteiger partial charge in [0.25, 0.3) is 0 Å². The molecule has 0 aliphatic rings. The number of rotatable bonds is 3. The summed E-state index contributed by atoms with van der Waals surface area (Å²) in [6.07, 6.45) is 1.75. The van der Waals surface area contributed by atoms with Crippen LogP contribution < -0.4 is 11.3 Å². The van der Waals surface area contributed by atoms with Gasteiger partial charge in [0.05, 0.1) is 0 Å². The minimum Gasteiger partial charge on any atom is -0.459 e. The van der Waals surface area contributed by atoms with Crippen LogP contribution in [-0.2, 0) is 0 Å².